The third-order valence-corrected chi connectivity index (χ3v) is 8.25. The third-order valence-electron chi connectivity index (χ3n) is 8.25. The topological polar surface area (TPSA) is 87.2 Å². The Morgan fingerprint density at radius 3 is 2.49 bits per heavy atom. The highest BCUT2D eigenvalue weighted by Crippen LogP contribution is 2.34. The highest BCUT2D eigenvalue weighted by Gasteiger charge is 2.40. The van der Waals surface area contributed by atoms with Crippen molar-refractivity contribution in [3.8, 4) is 11.3 Å². The Hall–Kier alpha value is -3.77. The first kappa shape index (κ1) is 28.7. The number of aromatic nitrogens is 3. The molecule has 9 nitrogen and oxygen atoms in total. The molecule has 3 aromatic rings. The van der Waals surface area contributed by atoms with Crippen molar-refractivity contribution in [1.29, 1.82) is 0 Å². The predicted octanol–water partition coefficient (Wildman–Crippen LogP) is 4.14. The number of carbonyl (C=O) groups excluding carboxylic acids is 2. The molecule has 5 heterocycles. The molecule has 0 saturated carbocycles. The summed E-state index contributed by atoms with van der Waals surface area (Å²) in [5, 5.41) is 2.93. The molecule has 1 saturated heterocycles. The summed E-state index contributed by atoms with van der Waals surface area (Å²) in [4.78, 5) is 37.0. The van der Waals surface area contributed by atoms with Crippen LogP contribution in [0.1, 0.15) is 48.4 Å². The number of hydrogen-bond acceptors (Lipinski definition) is 5. The Balaban J connectivity index is 1.51. The standard InChI is InChI=1S/C29H34F3N7O2/c1-17-12-18(2)35-28(41)23(17)14-34-27(40)22-13-24-21(25-15-33-16-36(25)5)6-7-39(24)26(19(22)3)20(4)37-8-10-38(11-9-37)29(30,31)32/h6-7,12-13,15-16,20,23H,8-11,14H2,1-5H3,(H,34,40). The van der Waals surface area contributed by atoms with Gasteiger partial charge < -0.3 is 14.3 Å². The number of nitrogens with one attached hydrogen (secondary N) is 1. The first-order valence-electron chi connectivity index (χ1n) is 13.6. The van der Waals surface area contributed by atoms with E-state index in [1.54, 1.807) is 19.4 Å². The molecule has 0 aliphatic carbocycles. The van der Waals surface area contributed by atoms with Crippen LogP contribution in [0.25, 0.3) is 16.8 Å². The quantitative estimate of drug-likeness (QED) is 0.451. The molecule has 2 atom stereocenters. The maximum absolute atomic E-state index is 13.7. The van der Waals surface area contributed by atoms with Gasteiger partial charge in [-0.2, -0.15) is 13.2 Å². The van der Waals surface area contributed by atoms with Crippen LogP contribution >= 0.6 is 0 Å². The third kappa shape index (κ3) is 5.45. The number of aryl methyl sites for hydroxylation is 1. The molecule has 2 amide bonds. The van der Waals surface area contributed by atoms with Crippen LogP contribution < -0.4 is 5.32 Å². The second-order valence-corrected chi connectivity index (χ2v) is 10.9. The van der Waals surface area contributed by atoms with E-state index in [0.29, 0.717) is 16.2 Å². The highest BCUT2D eigenvalue weighted by molar-refractivity contribution is 6.06. The number of nitrogens with zero attached hydrogens (tertiary/aromatic N) is 6. The molecule has 2 aliphatic rings. The van der Waals surface area contributed by atoms with Crippen molar-refractivity contribution in [2.24, 2.45) is 18.0 Å². The number of amides is 2. The van der Waals surface area contributed by atoms with E-state index < -0.39 is 12.2 Å². The van der Waals surface area contributed by atoms with E-state index in [-0.39, 0.29) is 50.6 Å². The van der Waals surface area contributed by atoms with Gasteiger partial charge in [-0.1, -0.05) is 5.57 Å². The van der Waals surface area contributed by atoms with Crippen LogP contribution in [-0.2, 0) is 11.8 Å². The lowest BCUT2D eigenvalue weighted by atomic mass is 9.95. The molecule has 1 fully saturated rings. The number of imidazole rings is 1. The maximum atomic E-state index is 13.7. The van der Waals surface area contributed by atoms with Crippen molar-refractivity contribution < 1.29 is 22.8 Å². The van der Waals surface area contributed by atoms with Gasteiger partial charge in [0.2, 0.25) is 0 Å². The molecule has 5 rings (SSSR count). The summed E-state index contributed by atoms with van der Waals surface area (Å²) in [6.45, 7) is 7.79. The molecular formula is C29H34F3N7O2. The van der Waals surface area contributed by atoms with Crippen LogP contribution in [0.4, 0.5) is 13.2 Å². The molecule has 1 N–H and O–H groups in total. The Morgan fingerprint density at radius 1 is 1.17 bits per heavy atom. The van der Waals surface area contributed by atoms with Crippen molar-refractivity contribution >= 4 is 23.0 Å². The summed E-state index contributed by atoms with van der Waals surface area (Å²) < 4.78 is 43.7. The summed E-state index contributed by atoms with van der Waals surface area (Å²) in [7, 11) is 1.89. The van der Waals surface area contributed by atoms with Gasteiger partial charge in [-0.3, -0.25) is 14.5 Å². The average Bonchev–Trinajstić information content (AvgIpc) is 3.52. The van der Waals surface area contributed by atoms with Crippen LogP contribution in [0.5, 0.6) is 0 Å². The van der Waals surface area contributed by atoms with Gasteiger partial charge in [-0.25, -0.2) is 14.9 Å². The van der Waals surface area contributed by atoms with Crippen LogP contribution in [0, 0.1) is 12.8 Å². The van der Waals surface area contributed by atoms with Crippen molar-refractivity contribution in [3.63, 3.8) is 0 Å². The zero-order chi connectivity index (χ0) is 29.6. The van der Waals surface area contributed by atoms with Gasteiger partial charge in [0.25, 0.3) is 11.8 Å². The largest absolute Gasteiger partial charge is 0.460 e. The Labute approximate surface area is 236 Å². The highest BCUT2D eigenvalue weighted by atomic mass is 19.4. The number of carbonyl (C=O) groups is 2. The fraction of sp³-hybridized carbons (Fsp3) is 0.448. The van der Waals surface area contributed by atoms with Gasteiger partial charge in [-0.05, 0) is 51.5 Å². The van der Waals surface area contributed by atoms with E-state index in [4.69, 9.17) is 0 Å². The second-order valence-electron chi connectivity index (χ2n) is 10.9. The van der Waals surface area contributed by atoms with Gasteiger partial charge in [0.05, 0.1) is 29.7 Å². The van der Waals surface area contributed by atoms with Gasteiger partial charge >= 0.3 is 6.30 Å². The Kier molecular flexibility index (Phi) is 7.64. The molecule has 2 aliphatic heterocycles. The molecule has 0 bridgehead atoms. The van der Waals surface area contributed by atoms with Gasteiger partial charge in [0.1, 0.15) is 0 Å². The molecule has 0 radical (unpaired) electrons. The number of halogens is 3. The fourth-order valence-electron chi connectivity index (χ4n) is 5.93. The van der Waals surface area contributed by atoms with E-state index in [1.165, 1.54) is 0 Å². The van der Waals surface area contributed by atoms with Gasteiger partial charge in [0.15, 0.2) is 0 Å². The van der Waals surface area contributed by atoms with Crippen molar-refractivity contribution in [3.05, 3.63) is 59.3 Å². The SMILES string of the molecule is CC1=CC(C)=NC(=O)C1CNC(=O)c1cc2c(-c3cncn3C)ccn2c(C(C)N2CCN(C(F)(F)F)CC2)c1C. The maximum Gasteiger partial charge on any atom is 0.460 e. The molecule has 2 unspecified atom stereocenters. The number of pyridine rings is 1. The van der Waals surface area contributed by atoms with Crippen LogP contribution in [0.15, 0.2) is 47.5 Å². The predicted molar refractivity (Wildman–Crippen MR) is 150 cm³/mol. The monoisotopic (exact) mass is 569 g/mol. The number of alkyl halides is 3. The fourth-order valence-corrected chi connectivity index (χ4v) is 5.93. The lowest BCUT2D eigenvalue weighted by Crippen LogP contribution is -2.52. The van der Waals surface area contributed by atoms with Crippen LogP contribution in [0.2, 0.25) is 0 Å². The smallest absolute Gasteiger partial charge is 0.351 e. The summed E-state index contributed by atoms with van der Waals surface area (Å²) >= 11 is 0. The van der Waals surface area contributed by atoms with Crippen molar-refractivity contribution in [1.82, 2.24) is 29.1 Å². The first-order valence-corrected chi connectivity index (χ1v) is 13.6. The Morgan fingerprint density at radius 2 is 1.88 bits per heavy atom. The number of fused-ring (bicyclic) bond motifs is 1. The zero-order valence-corrected chi connectivity index (χ0v) is 23.8. The summed E-state index contributed by atoms with van der Waals surface area (Å²) in [6.07, 6.45) is 2.87. The molecule has 218 valence electrons. The van der Waals surface area contributed by atoms with E-state index in [0.717, 1.165) is 33.6 Å². The molecule has 0 spiro atoms. The second kappa shape index (κ2) is 10.9. The van der Waals surface area contributed by atoms with Crippen molar-refractivity contribution in [2.45, 2.75) is 40.0 Å². The summed E-state index contributed by atoms with van der Waals surface area (Å²) in [5.41, 5.74) is 6.00. The number of hydrogen-bond donors (Lipinski definition) is 1. The number of dihydropyridines is 1. The number of allylic oxidation sites excluding steroid dienone is 1. The van der Waals surface area contributed by atoms with E-state index in [1.807, 2.05) is 66.1 Å². The first-order chi connectivity index (χ1) is 19.4. The normalized spacial score (nSPS) is 19.8. The molecule has 3 aromatic heterocycles. The minimum atomic E-state index is -4.35. The van der Waals surface area contributed by atoms with E-state index in [9.17, 15) is 22.8 Å². The molecule has 12 heteroatoms. The average molecular weight is 570 g/mol. The minimum Gasteiger partial charge on any atom is -0.351 e. The van der Waals surface area contributed by atoms with Crippen LogP contribution in [-0.4, -0.2) is 80.3 Å². The van der Waals surface area contributed by atoms with Crippen molar-refractivity contribution in [2.75, 3.05) is 32.7 Å². The van der Waals surface area contributed by atoms with Gasteiger partial charge in [0, 0.05) is 74.5 Å². The Bertz CT molecular complexity index is 1560. The van der Waals surface area contributed by atoms with Gasteiger partial charge in [-0.15, -0.1) is 0 Å². The minimum absolute atomic E-state index is 0.112. The number of piperazine rings is 1. The van der Waals surface area contributed by atoms with E-state index >= 15 is 0 Å². The molecular weight excluding hydrogens is 535 g/mol. The lowest BCUT2D eigenvalue weighted by Gasteiger charge is -2.39. The zero-order valence-electron chi connectivity index (χ0n) is 23.8. The molecule has 41 heavy (non-hydrogen) atoms. The summed E-state index contributed by atoms with van der Waals surface area (Å²) in [5.74, 6) is -1.15. The lowest BCUT2D eigenvalue weighted by molar-refractivity contribution is -0.253. The van der Waals surface area contributed by atoms with Crippen LogP contribution in [0.3, 0.4) is 0 Å². The van der Waals surface area contributed by atoms with E-state index in [2.05, 4.69) is 15.3 Å². The number of aliphatic imine (C=N–C) groups is 1. The summed E-state index contributed by atoms with van der Waals surface area (Å²) in [6, 6.07) is 3.52. The number of rotatable bonds is 6. The molecule has 0 aromatic carbocycles.